The minimum Gasteiger partial charge on any atom is -0.508 e. The second kappa shape index (κ2) is 5.10. The molecule has 104 valence electrons. The molecule has 19 heavy (non-hydrogen) atoms. The number of benzene rings is 1. The van der Waals surface area contributed by atoms with E-state index >= 15 is 0 Å². The number of phenolic OH excluding ortho intramolecular Hbond substituents is 1. The van der Waals surface area contributed by atoms with E-state index in [0.29, 0.717) is 11.6 Å². The topological polar surface area (TPSA) is 35.5 Å². The predicted molar refractivity (Wildman–Crippen MR) is 72.6 cm³/mol. The van der Waals surface area contributed by atoms with E-state index in [1.54, 1.807) is 0 Å². The molecule has 0 aromatic heterocycles. The van der Waals surface area contributed by atoms with Gasteiger partial charge in [-0.3, -0.25) is 0 Å². The summed E-state index contributed by atoms with van der Waals surface area (Å²) in [5.41, 5.74) is 0.649. The fourth-order valence-electron chi connectivity index (χ4n) is 3.44. The zero-order valence-electron chi connectivity index (χ0n) is 11.3. The molecule has 0 spiro atoms. The Hall–Kier alpha value is -1.13. The minimum absolute atomic E-state index is 0.0266. The second-order valence-electron chi connectivity index (χ2n) is 5.84. The number of piperidine rings is 3. The molecule has 2 atom stereocenters. The minimum atomic E-state index is -0.296. The quantitative estimate of drug-likeness (QED) is 0.879. The molecule has 0 saturated carbocycles. The van der Waals surface area contributed by atoms with Gasteiger partial charge in [0.25, 0.3) is 0 Å². The maximum absolute atomic E-state index is 13.3. The molecule has 1 aromatic carbocycles. The molecular weight excluding hydrogens is 243 g/mol. The van der Waals surface area contributed by atoms with Gasteiger partial charge in [0, 0.05) is 24.2 Å². The molecule has 2 N–H and O–H groups in total. The Balaban J connectivity index is 1.71. The first-order valence-corrected chi connectivity index (χ1v) is 7.10. The highest BCUT2D eigenvalue weighted by molar-refractivity contribution is 5.35. The molecule has 0 radical (unpaired) electrons. The van der Waals surface area contributed by atoms with Crippen LogP contribution in [0.1, 0.15) is 31.4 Å². The van der Waals surface area contributed by atoms with E-state index in [2.05, 4.69) is 10.2 Å². The number of rotatable bonds is 3. The summed E-state index contributed by atoms with van der Waals surface area (Å²) >= 11 is 0. The highest BCUT2D eigenvalue weighted by Crippen LogP contribution is 2.31. The van der Waals surface area contributed by atoms with Gasteiger partial charge >= 0.3 is 0 Å². The van der Waals surface area contributed by atoms with Gasteiger partial charge in [-0.05, 0) is 57.0 Å². The molecule has 3 aliphatic heterocycles. The number of fused-ring (bicyclic) bond motifs is 3. The van der Waals surface area contributed by atoms with Crippen molar-refractivity contribution >= 4 is 0 Å². The van der Waals surface area contributed by atoms with Gasteiger partial charge in [-0.15, -0.1) is 0 Å². The van der Waals surface area contributed by atoms with Gasteiger partial charge in [-0.1, -0.05) is 0 Å². The summed E-state index contributed by atoms with van der Waals surface area (Å²) in [5, 5.41) is 13.4. The van der Waals surface area contributed by atoms with Crippen LogP contribution in [0.5, 0.6) is 5.75 Å². The number of nitrogens with one attached hydrogen (secondary N) is 1. The normalized spacial score (nSPS) is 31.4. The van der Waals surface area contributed by atoms with Crippen LogP contribution in [-0.4, -0.2) is 35.7 Å². The van der Waals surface area contributed by atoms with Gasteiger partial charge in [0.1, 0.15) is 11.6 Å². The fraction of sp³-hybridized carbons (Fsp3) is 0.600. The van der Waals surface area contributed by atoms with E-state index in [9.17, 15) is 9.50 Å². The molecule has 3 saturated heterocycles. The van der Waals surface area contributed by atoms with Crippen molar-refractivity contribution < 1.29 is 9.50 Å². The van der Waals surface area contributed by atoms with Crippen molar-refractivity contribution in [3.8, 4) is 5.75 Å². The third-order valence-electron chi connectivity index (χ3n) is 4.58. The van der Waals surface area contributed by atoms with Crippen LogP contribution in [0.4, 0.5) is 4.39 Å². The van der Waals surface area contributed by atoms with Gasteiger partial charge < -0.3 is 15.3 Å². The molecule has 3 heterocycles. The van der Waals surface area contributed by atoms with Crippen LogP contribution in [0, 0.1) is 11.7 Å². The number of hydrogen-bond donors (Lipinski definition) is 2. The van der Waals surface area contributed by atoms with Gasteiger partial charge in [0.2, 0.25) is 0 Å². The molecule has 1 aromatic rings. The number of aromatic hydroxyl groups is 1. The smallest absolute Gasteiger partial charge is 0.123 e. The van der Waals surface area contributed by atoms with Gasteiger partial charge in [-0.25, -0.2) is 4.39 Å². The zero-order valence-corrected chi connectivity index (χ0v) is 11.3. The molecule has 2 unspecified atom stereocenters. The summed E-state index contributed by atoms with van der Waals surface area (Å²) < 4.78 is 13.3. The number of nitrogens with zero attached hydrogens (tertiary/aromatic N) is 1. The highest BCUT2D eigenvalue weighted by atomic mass is 19.1. The van der Waals surface area contributed by atoms with Gasteiger partial charge in [-0.2, -0.15) is 0 Å². The molecule has 3 aliphatic rings. The monoisotopic (exact) mass is 264 g/mol. The van der Waals surface area contributed by atoms with Crippen LogP contribution in [0.3, 0.4) is 0 Å². The maximum Gasteiger partial charge on any atom is 0.123 e. The first-order valence-electron chi connectivity index (χ1n) is 7.10. The van der Waals surface area contributed by atoms with Crippen molar-refractivity contribution in [2.45, 2.75) is 31.8 Å². The van der Waals surface area contributed by atoms with Crippen LogP contribution < -0.4 is 5.32 Å². The van der Waals surface area contributed by atoms with Crippen LogP contribution >= 0.6 is 0 Å². The summed E-state index contributed by atoms with van der Waals surface area (Å²) in [6.45, 7) is 5.49. The lowest BCUT2D eigenvalue weighted by atomic mass is 9.83. The number of hydrogen-bond acceptors (Lipinski definition) is 3. The summed E-state index contributed by atoms with van der Waals surface area (Å²) in [7, 11) is 0. The second-order valence-corrected chi connectivity index (χ2v) is 5.84. The van der Waals surface area contributed by atoms with E-state index in [-0.39, 0.29) is 17.6 Å². The van der Waals surface area contributed by atoms with E-state index < -0.39 is 0 Å². The lowest BCUT2D eigenvalue weighted by Crippen LogP contribution is -2.56. The Kier molecular flexibility index (Phi) is 3.46. The van der Waals surface area contributed by atoms with E-state index in [4.69, 9.17) is 0 Å². The number of halogens is 1. The fourth-order valence-corrected chi connectivity index (χ4v) is 3.44. The van der Waals surface area contributed by atoms with Gasteiger partial charge in [0.05, 0.1) is 0 Å². The third-order valence-corrected chi connectivity index (χ3v) is 4.58. The predicted octanol–water partition coefficient (Wildman–Crippen LogP) is 2.28. The zero-order chi connectivity index (χ0) is 13.4. The maximum atomic E-state index is 13.3. The van der Waals surface area contributed by atoms with Crippen LogP contribution in [0.15, 0.2) is 18.2 Å². The molecule has 4 heteroatoms. The van der Waals surface area contributed by atoms with E-state index in [1.807, 2.05) is 6.92 Å². The Morgan fingerprint density at radius 1 is 1.37 bits per heavy atom. The highest BCUT2D eigenvalue weighted by Gasteiger charge is 2.34. The number of phenols is 1. The molecular formula is C15H21FN2O. The van der Waals surface area contributed by atoms with Crippen LogP contribution in [0.25, 0.3) is 0 Å². The molecule has 3 nitrogen and oxygen atoms in total. The molecule has 0 amide bonds. The average molecular weight is 264 g/mol. The van der Waals surface area contributed by atoms with Crippen molar-refractivity contribution in [3.63, 3.8) is 0 Å². The standard InChI is InChI=1S/C15H21FN2O/c1-10(13-8-12(16)2-3-15(13)19)17-14-9-18-6-4-11(14)5-7-18/h2-3,8,10-11,14,17,19H,4-7,9H2,1H3. The Bertz CT molecular complexity index is 457. The summed E-state index contributed by atoms with van der Waals surface area (Å²) in [5.74, 6) is 0.598. The lowest BCUT2D eigenvalue weighted by Gasteiger charge is -2.46. The lowest BCUT2D eigenvalue weighted by molar-refractivity contribution is 0.0678. The molecule has 0 aliphatic carbocycles. The summed E-state index contributed by atoms with van der Waals surface area (Å²) in [6.07, 6.45) is 2.50. The molecule has 3 fully saturated rings. The Morgan fingerprint density at radius 3 is 2.74 bits per heavy atom. The van der Waals surface area contributed by atoms with Crippen LogP contribution in [0.2, 0.25) is 0 Å². The largest absolute Gasteiger partial charge is 0.508 e. The average Bonchev–Trinajstić information content (AvgIpc) is 2.43. The molecule has 2 bridgehead atoms. The summed E-state index contributed by atoms with van der Waals surface area (Å²) in [4.78, 5) is 2.48. The van der Waals surface area contributed by atoms with Gasteiger partial charge in [0.15, 0.2) is 0 Å². The third kappa shape index (κ3) is 2.60. The van der Waals surface area contributed by atoms with Crippen molar-refractivity contribution in [2.24, 2.45) is 5.92 Å². The van der Waals surface area contributed by atoms with Crippen LogP contribution in [-0.2, 0) is 0 Å². The van der Waals surface area contributed by atoms with E-state index in [1.165, 1.54) is 44.1 Å². The van der Waals surface area contributed by atoms with Crippen molar-refractivity contribution in [1.82, 2.24) is 10.2 Å². The van der Waals surface area contributed by atoms with E-state index in [0.717, 1.165) is 12.5 Å². The van der Waals surface area contributed by atoms with Crippen molar-refractivity contribution in [3.05, 3.63) is 29.6 Å². The molecule has 4 rings (SSSR count). The first-order chi connectivity index (χ1) is 9.13. The van der Waals surface area contributed by atoms with Crippen molar-refractivity contribution in [1.29, 1.82) is 0 Å². The summed E-state index contributed by atoms with van der Waals surface area (Å²) in [6, 6.07) is 4.58. The van der Waals surface area contributed by atoms with Crippen molar-refractivity contribution in [2.75, 3.05) is 19.6 Å². The SMILES string of the molecule is CC(NC1CN2CCC1CC2)c1cc(F)ccc1O. The Labute approximate surface area is 113 Å². The Morgan fingerprint density at radius 2 is 2.11 bits per heavy atom. The first kappa shape index (κ1) is 12.9.